The Morgan fingerprint density at radius 3 is 2.73 bits per heavy atom. The number of benzene rings is 1. The van der Waals surface area contributed by atoms with E-state index in [9.17, 15) is 4.79 Å². The molecule has 1 aliphatic heterocycles. The maximum Gasteiger partial charge on any atom is 0.509 e. The van der Waals surface area contributed by atoms with Crippen LogP contribution in [0.15, 0.2) is 42.9 Å². The molecule has 4 heteroatoms. The van der Waals surface area contributed by atoms with Gasteiger partial charge in [0.15, 0.2) is 12.0 Å². The first kappa shape index (κ1) is 8.11. The number of imidazole rings is 1. The van der Waals surface area contributed by atoms with E-state index in [0.717, 1.165) is 11.4 Å². The van der Waals surface area contributed by atoms with Crippen LogP contribution in [-0.4, -0.2) is 26.4 Å². The van der Waals surface area contributed by atoms with E-state index in [1.807, 2.05) is 30.3 Å². The van der Waals surface area contributed by atoms with Gasteiger partial charge in [0.25, 0.3) is 0 Å². The fourth-order valence-corrected chi connectivity index (χ4v) is 1.64. The van der Waals surface area contributed by atoms with Gasteiger partial charge >= 0.3 is 6.03 Å². The van der Waals surface area contributed by atoms with Crippen LogP contribution in [0, 0.1) is 0 Å². The number of carbonyl (C=O) groups is 1. The molecular formula is C11H8N3O+. The summed E-state index contributed by atoms with van der Waals surface area (Å²) in [6, 6.07) is 9.44. The number of para-hydroxylation sites is 1. The van der Waals surface area contributed by atoms with Gasteiger partial charge in [-0.25, -0.2) is 4.98 Å². The van der Waals surface area contributed by atoms with E-state index in [1.165, 1.54) is 10.9 Å². The van der Waals surface area contributed by atoms with Crippen LogP contribution in [-0.2, 0) is 0 Å². The smallest absolute Gasteiger partial charge is 0.220 e. The Kier molecular flexibility index (Phi) is 1.56. The second kappa shape index (κ2) is 2.88. The van der Waals surface area contributed by atoms with Crippen molar-refractivity contribution in [3.05, 3.63) is 48.5 Å². The number of aromatic nitrogens is 2. The molecule has 2 heterocycles. The molecule has 1 aliphatic rings. The third-order valence-corrected chi connectivity index (χ3v) is 2.38. The lowest BCUT2D eigenvalue weighted by Gasteiger charge is -1.96. The van der Waals surface area contributed by atoms with Gasteiger partial charge < -0.3 is 0 Å². The van der Waals surface area contributed by atoms with Crippen molar-refractivity contribution in [2.45, 2.75) is 0 Å². The van der Waals surface area contributed by atoms with E-state index in [1.54, 1.807) is 17.0 Å². The number of hydrogen-bond donors (Lipinski definition) is 0. The maximum absolute atomic E-state index is 11.9. The average Bonchev–Trinajstić information content (AvgIpc) is 2.83. The van der Waals surface area contributed by atoms with E-state index in [2.05, 4.69) is 4.98 Å². The van der Waals surface area contributed by atoms with Crippen molar-refractivity contribution in [2.24, 2.45) is 0 Å². The van der Waals surface area contributed by atoms with Gasteiger partial charge in [0.1, 0.15) is 11.9 Å². The van der Waals surface area contributed by atoms with Crippen molar-refractivity contribution in [3.63, 3.8) is 0 Å². The topological polar surface area (TPSA) is 37.9 Å². The summed E-state index contributed by atoms with van der Waals surface area (Å²) in [5, 5.41) is 0. The molecule has 1 amide bonds. The largest absolute Gasteiger partial charge is 0.509 e. The zero-order valence-corrected chi connectivity index (χ0v) is 7.87. The van der Waals surface area contributed by atoms with Crippen LogP contribution in [0.2, 0.25) is 0 Å². The van der Waals surface area contributed by atoms with Crippen LogP contribution in [0.4, 0.5) is 10.5 Å². The van der Waals surface area contributed by atoms with Crippen LogP contribution in [0.1, 0.15) is 5.69 Å². The van der Waals surface area contributed by atoms with Gasteiger partial charge in [-0.05, 0) is 12.1 Å². The van der Waals surface area contributed by atoms with Crippen LogP contribution >= 0.6 is 0 Å². The lowest BCUT2D eigenvalue weighted by molar-refractivity contribution is -0.321. The molecule has 15 heavy (non-hydrogen) atoms. The molecule has 0 N–H and O–H groups in total. The molecule has 0 spiro atoms. The molecule has 1 aromatic carbocycles. The summed E-state index contributed by atoms with van der Waals surface area (Å²) in [6.45, 7) is 0. The average molecular weight is 198 g/mol. The summed E-state index contributed by atoms with van der Waals surface area (Å²) < 4.78 is 3.13. The third-order valence-electron chi connectivity index (χ3n) is 2.38. The molecule has 1 aromatic heterocycles. The monoisotopic (exact) mass is 198 g/mol. The van der Waals surface area contributed by atoms with E-state index >= 15 is 0 Å². The summed E-state index contributed by atoms with van der Waals surface area (Å²) in [5.41, 5.74) is 1.68. The van der Waals surface area contributed by atoms with Gasteiger partial charge in [-0.3, -0.25) is 0 Å². The van der Waals surface area contributed by atoms with Crippen molar-refractivity contribution in [3.8, 4) is 0 Å². The Hall–Kier alpha value is -2.23. The van der Waals surface area contributed by atoms with E-state index < -0.39 is 0 Å². The van der Waals surface area contributed by atoms with Crippen molar-refractivity contribution < 1.29 is 9.37 Å². The lowest BCUT2D eigenvalue weighted by atomic mass is 10.3. The highest BCUT2D eigenvalue weighted by molar-refractivity contribution is 5.91. The third kappa shape index (κ3) is 1.11. The van der Waals surface area contributed by atoms with Crippen LogP contribution < -0.4 is 0 Å². The summed E-state index contributed by atoms with van der Waals surface area (Å²) in [6.07, 6.45) is 4.97. The van der Waals surface area contributed by atoms with E-state index in [-0.39, 0.29) is 6.03 Å². The van der Waals surface area contributed by atoms with Crippen LogP contribution in [0.25, 0.3) is 0 Å². The molecule has 0 saturated carbocycles. The molecule has 72 valence electrons. The predicted molar refractivity (Wildman–Crippen MR) is 54.5 cm³/mol. The molecule has 0 unspecified atom stereocenters. The minimum absolute atomic E-state index is 0.0892. The van der Waals surface area contributed by atoms with Crippen molar-refractivity contribution in [2.75, 3.05) is 0 Å². The van der Waals surface area contributed by atoms with Gasteiger partial charge in [-0.1, -0.05) is 18.2 Å². The molecule has 2 aromatic rings. The first-order valence-electron chi connectivity index (χ1n) is 4.62. The Balaban J connectivity index is 2.12. The van der Waals surface area contributed by atoms with Crippen LogP contribution in [0.5, 0.6) is 0 Å². The van der Waals surface area contributed by atoms with E-state index in [0.29, 0.717) is 0 Å². The second-order valence-corrected chi connectivity index (χ2v) is 3.31. The number of hydrogen-bond acceptors (Lipinski definition) is 2. The molecule has 0 aliphatic carbocycles. The minimum Gasteiger partial charge on any atom is -0.220 e. The highest BCUT2D eigenvalue weighted by atomic mass is 16.2. The Labute approximate surface area is 86.1 Å². The van der Waals surface area contributed by atoms with Gasteiger partial charge in [0, 0.05) is 0 Å². The molecule has 0 fully saturated rings. The number of carbonyl (C=O) groups excluding carboxylic acids is 1. The molecule has 0 radical (unpaired) electrons. The zero-order chi connectivity index (χ0) is 10.3. The molecule has 3 rings (SSSR count). The number of amides is 1. The molecule has 0 atom stereocenters. The second-order valence-electron chi connectivity index (χ2n) is 3.31. The van der Waals surface area contributed by atoms with Gasteiger partial charge in [0.05, 0.1) is 6.20 Å². The lowest BCUT2D eigenvalue weighted by Crippen LogP contribution is -2.15. The first-order valence-corrected chi connectivity index (χ1v) is 4.62. The standard InChI is InChI=1S/C11H8N3O/c15-11-13(9-4-2-1-3-5-9)7-10-6-12-8-14(10)11/h1-8H/q+1. The highest BCUT2D eigenvalue weighted by Crippen LogP contribution is 2.16. The maximum atomic E-state index is 11.9. The Morgan fingerprint density at radius 1 is 1.20 bits per heavy atom. The van der Waals surface area contributed by atoms with Crippen molar-refractivity contribution >= 4 is 17.9 Å². The van der Waals surface area contributed by atoms with Gasteiger partial charge in [0.2, 0.25) is 0 Å². The van der Waals surface area contributed by atoms with Gasteiger partial charge in [-0.15, -0.1) is 4.57 Å². The fourth-order valence-electron chi connectivity index (χ4n) is 1.64. The predicted octanol–water partition coefficient (Wildman–Crippen LogP) is 1.63. The number of nitrogens with zero attached hydrogens (tertiary/aromatic N) is 3. The van der Waals surface area contributed by atoms with E-state index in [4.69, 9.17) is 0 Å². The highest BCUT2D eigenvalue weighted by Gasteiger charge is 2.31. The molecule has 4 nitrogen and oxygen atoms in total. The molecule has 0 bridgehead atoms. The summed E-state index contributed by atoms with van der Waals surface area (Å²) >= 11 is 0. The SMILES string of the molecule is O=C1n2cncc2C=[N+]1c1ccccc1. The molecular weight excluding hydrogens is 190 g/mol. The van der Waals surface area contributed by atoms with Crippen molar-refractivity contribution in [1.29, 1.82) is 0 Å². The Bertz CT molecular complexity index is 554. The quantitative estimate of drug-likeness (QED) is 0.653. The Morgan fingerprint density at radius 2 is 2.00 bits per heavy atom. The normalized spacial score (nSPS) is 13.9. The summed E-state index contributed by atoms with van der Waals surface area (Å²) in [7, 11) is 0. The summed E-state index contributed by atoms with van der Waals surface area (Å²) in [4.78, 5) is 15.8. The number of fused-ring (bicyclic) bond motifs is 1. The van der Waals surface area contributed by atoms with Gasteiger partial charge in [-0.2, -0.15) is 9.37 Å². The molecule has 0 saturated heterocycles. The first-order chi connectivity index (χ1) is 7.36. The summed E-state index contributed by atoms with van der Waals surface area (Å²) in [5.74, 6) is 0. The number of rotatable bonds is 1. The minimum atomic E-state index is -0.0892. The zero-order valence-electron chi connectivity index (χ0n) is 7.87. The fraction of sp³-hybridized carbons (Fsp3) is 0. The van der Waals surface area contributed by atoms with Crippen molar-refractivity contribution in [1.82, 2.24) is 9.55 Å². The van der Waals surface area contributed by atoms with Crippen LogP contribution in [0.3, 0.4) is 0 Å².